The number of aryl methyl sites for hydroxylation is 1. The minimum absolute atomic E-state index is 0.253. The third kappa shape index (κ3) is 4.94. The highest BCUT2D eigenvalue weighted by molar-refractivity contribution is 7.90. The number of ether oxygens (including phenoxy) is 1. The Hall–Kier alpha value is -1.11. The first-order chi connectivity index (χ1) is 11.2. The second-order valence-corrected chi connectivity index (χ2v) is 9.13. The number of sulfone groups is 1. The summed E-state index contributed by atoms with van der Waals surface area (Å²) in [5.41, 5.74) is 5.18. The van der Waals surface area contributed by atoms with E-state index in [1.807, 2.05) is 0 Å². The first kappa shape index (κ1) is 19.2. The number of nitrogens with zero attached hydrogens (tertiary/aromatic N) is 2. The average Bonchev–Trinajstić information content (AvgIpc) is 2.53. The number of hydrogen-bond acceptors (Lipinski definition) is 5. The number of piperazine rings is 1. The lowest BCUT2D eigenvalue weighted by atomic mass is 9.96. The molecule has 1 aliphatic heterocycles. The largest absolute Gasteiger partial charge is 0.496 e. The fraction of sp³-hybridized carbons (Fsp3) is 0.667. The molecular formula is C18H30N2O3S. The van der Waals surface area contributed by atoms with Gasteiger partial charge in [-0.1, -0.05) is 0 Å². The van der Waals surface area contributed by atoms with Gasteiger partial charge in [-0.15, -0.1) is 0 Å². The highest BCUT2D eigenvalue weighted by Crippen LogP contribution is 2.28. The summed E-state index contributed by atoms with van der Waals surface area (Å²) in [5.74, 6) is 1.21. The zero-order valence-corrected chi connectivity index (χ0v) is 16.4. The van der Waals surface area contributed by atoms with Crippen molar-refractivity contribution in [3.05, 3.63) is 28.3 Å². The standard InChI is InChI=1S/C18H30N2O3S/c1-14-12-18(23-4)16(3)15(2)17(14)13-20-8-6-19(7-9-20)10-11-24(5,21)22/h12H,6-11,13H2,1-5H3. The summed E-state index contributed by atoms with van der Waals surface area (Å²) >= 11 is 0. The van der Waals surface area contributed by atoms with E-state index in [-0.39, 0.29) is 5.75 Å². The Morgan fingerprint density at radius 1 is 1.04 bits per heavy atom. The summed E-state index contributed by atoms with van der Waals surface area (Å²) in [6.07, 6.45) is 1.31. The van der Waals surface area contributed by atoms with E-state index in [1.165, 1.54) is 28.5 Å². The Bertz CT molecular complexity index is 678. The van der Waals surface area contributed by atoms with Crippen molar-refractivity contribution in [1.82, 2.24) is 9.80 Å². The predicted octanol–water partition coefficient (Wildman–Crippen LogP) is 1.78. The van der Waals surface area contributed by atoms with E-state index in [9.17, 15) is 8.42 Å². The lowest BCUT2D eigenvalue weighted by molar-refractivity contribution is 0.132. The van der Waals surface area contributed by atoms with Crippen LogP contribution in [-0.4, -0.2) is 70.1 Å². The average molecular weight is 355 g/mol. The van der Waals surface area contributed by atoms with Gasteiger partial charge in [-0.05, 0) is 49.1 Å². The van der Waals surface area contributed by atoms with Gasteiger partial charge in [0.2, 0.25) is 0 Å². The molecule has 0 aliphatic carbocycles. The molecule has 1 fully saturated rings. The van der Waals surface area contributed by atoms with Crippen molar-refractivity contribution in [1.29, 1.82) is 0 Å². The van der Waals surface area contributed by atoms with Gasteiger partial charge in [0.1, 0.15) is 15.6 Å². The molecule has 24 heavy (non-hydrogen) atoms. The fourth-order valence-corrected chi connectivity index (χ4v) is 3.83. The molecule has 0 aromatic heterocycles. The molecule has 1 saturated heterocycles. The second-order valence-electron chi connectivity index (χ2n) is 6.87. The Kier molecular flexibility index (Phi) is 6.28. The highest BCUT2D eigenvalue weighted by Gasteiger charge is 2.20. The molecule has 6 heteroatoms. The topological polar surface area (TPSA) is 49.9 Å². The van der Waals surface area contributed by atoms with Crippen LogP contribution in [-0.2, 0) is 16.4 Å². The van der Waals surface area contributed by atoms with Crippen molar-refractivity contribution in [2.75, 3.05) is 51.8 Å². The second kappa shape index (κ2) is 7.85. The van der Waals surface area contributed by atoms with Crippen LogP contribution in [0, 0.1) is 20.8 Å². The van der Waals surface area contributed by atoms with Crippen molar-refractivity contribution in [2.24, 2.45) is 0 Å². The van der Waals surface area contributed by atoms with Crippen LogP contribution in [0.25, 0.3) is 0 Å². The van der Waals surface area contributed by atoms with Crippen molar-refractivity contribution in [2.45, 2.75) is 27.3 Å². The summed E-state index contributed by atoms with van der Waals surface area (Å²) < 4.78 is 28.0. The van der Waals surface area contributed by atoms with E-state index in [4.69, 9.17) is 4.74 Å². The third-order valence-corrected chi connectivity index (χ3v) is 5.98. The van der Waals surface area contributed by atoms with Gasteiger partial charge in [-0.3, -0.25) is 9.80 Å². The SMILES string of the molecule is COc1cc(C)c(CN2CCN(CCS(C)(=O)=O)CC2)c(C)c1C. The first-order valence-electron chi connectivity index (χ1n) is 8.47. The van der Waals surface area contributed by atoms with Gasteiger partial charge in [-0.25, -0.2) is 8.42 Å². The maximum Gasteiger partial charge on any atom is 0.148 e. The lowest BCUT2D eigenvalue weighted by Crippen LogP contribution is -2.47. The Labute approximate surface area is 146 Å². The molecule has 0 N–H and O–H groups in total. The van der Waals surface area contributed by atoms with E-state index in [0.717, 1.165) is 38.5 Å². The molecule has 1 heterocycles. The van der Waals surface area contributed by atoms with Crippen molar-refractivity contribution >= 4 is 9.84 Å². The fourth-order valence-electron chi connectivity index (χ4n) is 3.24. The van der Waals surface area contributed by atoms with Crippen LogP contribution in [0.15, 0.2) is 6.07 Å². The Balaban J connectivity index is 1.96. The number of hydrogen-bond donors (Lipinski definition) is 0. The van der Waals surface area contributed by atoms with Gasteiger partial charge in [0.25, 0.3) is 0 Å². The summed E-state index contributed by atoms with van der Waals surface area (Å²) in [7, 11) is -1.16. The number of methoxy groups -OCH3 is 1. The summed E-state index contributed by atoms with van der Waals surface area (Å²) in [6.45, 7) is 11.8. The zero-order valence-electron chi connectivity index (χ0n) is 15.6. The van der Waals surface area contributed by atoms with Gasteiger partial charge in [-0.2, -0.15) is 0 Å². The zero-order chi connectivity index (χ0) is 17.9. The molecule has 0 unspecified atom stereocenters. The van der Waals surface area contributed by atoms with Crippen molar-refractivity contribution in [3.63, 3.8) is 0 Å². The van der Waals surface area contributed by atoms with E-state index in [0.29, 0.717) is 6.54 Å². The minimum atomic E-state index is -2.88. The van der Waals surface area contributed by atoms with Crippen LogP contribution in [0.4, 0.5) is 0 Å². The van der Waals surface area contributed by atoms with Crippen LogP contribution in [0.5, 0.6) is 5.75 Å². The molecular weight excluding hydrogens is 324 g/mol. The van der Waals surface area contributed by atoms with Crippen molar-refractivity contribution in [3.8, 4) is 5.75 Å². The molecule has 1 aliphatic rings. The van der Waals surface area contributed by atoms with Gasteiger partial charge >= 0.3 is 0 Å². The molecule has 1 aromatic carbocycles. The molecule has 1 aromatic rings. The van der Waals surface area contributed by atoms with E-state index in [2.05, 4.69) is 36.6 Å². The maximum absolute atomic E-state index is 11.3. The molecule has 0 atom stereocenters. The lowest BCUT2D eigenvalue weighted by Gasteiger charge is -2.35. The molecule has 5 nitrogen and oxygen atoms in total. The molecule has 0 bridgehead atoms. The smallest absolute Gasteiger partial charge is 0.148 e. The molecule has 2 rings (SSSR count). The van der Waals surface area contributed by atoms with Gasteiger partial charge < -0.3 is 4.74 Å². The Morgan fingerprint density at radius 3 is 2.17 bits per heavy atom. The molecule has 0 spiro atoms. The Morgan fingerprint density at radius 2 is 1.62 bits per heavy atom. The van der Waals surface area contributed by atoms with Crippen LogP contribution < -0.4 is 4.74 Å². The van der Waals surface area contributed by atoms with Gasteiger partial charge in [0.15, 0.2) is 0 Å². The minimum Gasteiger partial charge on any atom is -0.496 e. The van der Waals surface area contributed by atoms with E-state index in [1.54, 1.807) is 7.11 Å². The third-order valence-electron chi connectivity index (χ3n) is 5.05. The maximum atomic E-state index is 11.3. The quantitative estimate of drug-likeness (QED) is 0.779. The van der Waals surface area contributed by atoms with Crippen LogP contribution in [0.3, 0.4) is 0 Å². The van der Waals surface area contributed by atoms with Crippen molar-refractivity contribution < 1.29 is 13.2 Å². The van der Waals surface area contributed by atoms with E-state index < -0.39 is 9.84 Å². The monoisotopic (exact) mass is 354 g/mol. The van der Waals surface area contributed by atoms with Gasteiger partial charge in [0, 0.05) is 45.5 Å². The highest BCUT2D eigenvalue weighted by atomic mass is 32.2. The van der Waals surface area contributed by atoms with E-state index >= 15 is 0 Å². The molecule has 0 amide bonds. The number of rotatable bonds is 6. The summed E-state index contributed by atoms with van der Waals surface area (Å²) in [5, 5.41) is 0. The predicted molar refractivity (Wildman–Crippen MR) is 98.6 cm³/mol. The molecule has 136 valence electrons. The van der Waals surface area contributed by atoms with Crippen LogP contribution in [0.1, 0.15) is 22.3 Å². The van der Waals surface area contributed by atoms with Crippen LogP contribution in [0.2, 0.25) is 0 Å². The van der Waals surface area contributed by atoms with Crippen LogP contribution >= 0.6 is 0 Å². The summed E-state index contributed by atoms with van der Waals surface area (Å²) in [6, 6.07) is 2.13. The summed E-state index contributed by atoms with van der Waals surface area (Å²) in [4.78, 5) is 4.70. The molecule has 0 saturated carbocycles. The molecule has 0 radical (unpaired) electrons. The normalized spacial score (nSPS) is 17.2. The number of benzene rings is 1. The first-order valence-corrected chi connectivity index (χ1v) is 10.5. The van der Waals surface area contributed by atoms with Gasteiger partial charge in [0.05, 0.1) is 12.9 Å².